The van der Waals surface area contributed by atoms with Crippen molar-refractivity contribution in [1.29, 1.82) is 0 Å². The molecule has 2 atom stereocenters. The van der Waals surface area contributed by atoms with E-state index in [2.05, 4.69) is 0 Å². The number of rotatable bonds is 3. The second-order valence-corrected chi connectivity index (χ2v) is 7.97. The van der Waals surface area contributed by atoms with Gasteiger partial charge in [-0.05, 0) is 44.4 Å². The van der Waals surface area contributed by atoms with Crippen molar-refractivity contribution in [2.75, 3.05) is 26.2 Å². The third-order valence-corrected chi connectivity index (χ3v) is 6.23. The van der Waals surface area contributed by atoms with Crippen LogP contribution in [0.4, 0.5) is 0 Å². The van der Waals surface area contributed by atoms with Crippen LogP contribution in [0.25, 0.3) is 0 Å². The first-order valence-electron chi connectivity index (χ1n) is 9.97. The lowest BCUT2D eigenvalue weighted by Gasteiger charge is -2.35. The Hall–Kier alpha value is -1.10. The Balaban J connectivity index is 1.45. The summed E-state index contributed by atoms with van der Waals surface area (Å²) in [6.07, 6.45) is 10.3. The number of amides is 2. The predicted octanol–water partition coefficient (Wildman–Crippen LogP) is 2.15. The third kappa shape index (κ3) is 4.29. The largest absolute Gasteiger partial charge is 0.343 e. The zero-order valence-electron chi connectivity index (χ0n) is 14.9. The fourth-order valence-electron chi connectivity index (χ4n) is 4.58. The van der Waals surface area contributed by atoms with Gasteiger partial charge in [0.25, 0.3) is 0 Å². The summed E-state index contributed by atoms with van der Waals surface area (Å²) in [5.74, 6) is 1.07. The first kappa shape index (κ1) is 17.7. The van der Waals surface area contributed by atoms with Gasteiger partial charge in [0.05, 0.1) is 5.92 Å². The van der Waals surface area contributed by atoms with E-state index >= 15 is 0 Å². The van der Waals surface area contributed by atoms with Crippen molar-refractivity contribution in [3.8, 4) is 0 Å². The molecule has 24 heavy (non-hydrogen) atoms. The van der Waals surface area contributed by atoms with E-state index in [9.17, 15) is 9.59 Å². The van der Waals surface area contributed by atoms with Gasteiger partial charge < -0.3 is 15.5 Å². The van der Waals surface area contributed by atoms with Crippen LogP contribution < -0.4 is 5.73 Å². The quantitative estimate of drug-likeness (QED) is 0.804. The molecule has 136 valence electrons. The Bertz CT molecular complexity index is 440. The van der Waals surface area contributed by atoms with E-state index in [1.165, 1.54) is 6.42 Å². The minimum Gasteiger partial charge on any atom is -0.343 e. The van der Waals surface area contributed by atoms with Crippen LogP contribution in [0.15, 0.2) is 0 Å². The van der Waals surface area contributed by atoms with Crippen molar-refractivity contribution in [1.82, 2.24) is 9.80 Å². The van der Waals surface area contributed by atoms with Crippen LogP contribution >= 0.6 is 0 Å². The van der Waals surface area contributed by atoms with Crippen molar-refractivity contribution in [3.05, 3.63) is 0 Å². The van der Waals surface area contributed by atoms with Crippen LogP contribution in [-0.4, -0.2) is 53.8 Å². The van der Waals surface area contributed by atoms with Crippen LogP contribution in [0, 0.1) is 11.8 Å². The van der Waals surface area contributed by atoms with E-state index in [1.807, 2.05) is 9.80 Å². The van der Waals surface area contributed by atoms with Crippen LogP contribution in [0.3, 0.4) is 0 Å². The van der Waals surface area contributed by atoms with E-state index in [4.69, 9.17) is 5.73 Å². The Morgan fingerprint density at radius 1 is 0.792 bits per heavy atom. The summed E-state index contributed by atoms with van der Waals surface area (Å²) in [6.45, 7) is 3.49. The van der Waals surface area contributed by atoms with Crippen LogP contribution in [0.1, 0.15) is 64.2 Å². The summed E-state index contributed by atoms with van der Waals surface area (Å²) < 4.78 is 0. The molecule has 2 saturated heterocycles. The topological polar surface area (TPSA) is 66.6 Å². The van der Waals surface area contributed by atoms with Gasteiger partial charge in [-0.15, -0.1) is 0 Å². The molecule has 0 radical (unpaired) electrons. The summed E-state index contributed by atoms with van der Waals surface area (Å²) in [4.78, 5) is 29.1. The van der Waals surface area contributed by atoms with Gasteiger partial charge >= 0.3 is 0 Å². The predicted molar refractivity (Wildman–Crippen MR) is 94.3 cm³/mol. The summed E-state index contributed by atoms with van der Waals surface area (Å²) in [5, 5.41) is 0. The number of likely N-dealkylation sites (tertiary alicyclic amines) is 2. The molecule has 0 spiro atoms. The van der Waals surface area contributed by atoms with Gasteiger partial charge in [0.15, 0.2) is 0 Å². The Labute approximate surface area is 145 Å². The maximum Gasteiger partial charge on any atom is 0.227 e. The molecule has 0 unspecified atom stereocenters. The molecule has 3 aliphatic rings. The van der Waals surface area contributed by atoms with Gasteiger partial charge in [-0.1, -0.05) is 19.3 Å². The third-order valence-electron chi connectivity index (χ3n) is 6.23. The van der Waals surface area contributed by atoms with Crippen LogP contribution in [0.2, 0.25) is 0 Å². The first-order valence-corrected chi connectivity index (χ1v) is 9.97. The first-order chi connectivity index (χ1) is 11.6. The number of nitrogens with zero attached hydrogens (tertiary/aromatic N) is 2. The molecule has 2 aliphatic heterocycles. The molecule has 5 heteroatoms. The van der Waals surface area contributed by atoms with E-state index in [-0.39, 0.29) is 17.9 Å². The summed E-state index contributed by atoms with van der Waals surface area (Å²) in [6, 6.07) is 0.0365. The van der Waals surface area contributed by atoms with Gasteiger partial charge in [-0.2, -0.15) is 0 Å². The highest BCUT2D eigenvalue weighted by Crippen LogP contribution is 2.28. The fourth-order valence-corrected chi connectivity index (χ4v) is 4.58. The molecule has 5 nitrogen and oxygen atoms in total. The highest BCUT2D eigenvalue weighted by molar-refractivity contribution is 5.80. The zero-order chi connectivity index (χ0) is 16.9. The number of piperidine rings is 1. The highest BCUT2D eigenvalue weighted by Gasteiger charge is 2.33. The van der Waals surface area contributed by atoms with Gasteiger partial charge in [-0.25, -0.2) is 0 Å². The minimum absolute atomic E-state index is 0.0234. The smallest absolute Gasteiger partial charge is 0.227 e. The molecular weight excluding hydrogens is 302 g/mol. The summed E-state index contributed by atoms with van der Waals surface area (Å²) in [5.41, 5.74) is 6.25. The molecule has 2 amide bonds. The van der Waals surface area contributed by atoms with Crippen molar-refractivity contribution in [2.24, 2.45) is 17.6 Å². The average molecular weight is 335 g/mol. The molecule has 0 aromatic carbocycles. The average Bonchev–Trinajstić information content (AvgIpc) is 3.04. The zero-order valence-corrected chi connectivity index (χ0v) is 14.9. The van der Waals surface area contributed by atoms with Gasteiger partial charge in [0.2, 0.25) is 11.8 Å². The lowest BCUT2D eigenvalue weighted by Crippen LogP contribution is -2.47. The monoisotopic (exact) mass is 335 g/mol. The maximum atomic E-state index is 12.8. The fraction of sp³-hybridized carbons (Fsp3) is 0.895. The number of hydrogen-bond donors (Lipinski definition) is 1. The Kier molecular flexibility index (Phi) is 6.14. The standard InChI is InChI=1S/C19H33N3O2/c20-17-7-3-1-2-6-16(17)19(24)22-12-8-15(9-13-22)14-18(23)21-10-4-5-11-21/h15-17H,1-14,20H2/t16-,17-/m1/s1. The van der Waals surface area contributed by atoms with E-state index in [1.54, 1.807) is 0 Å². The number of carbonyl (C=O) groups is 2. The van der Waals surface area contributed by atoms with Crippen molar-refractivity contribution in [3.63, 3.8) is 0 Å². The molecule has 1 saturated carbocycles. The second-order valence-electron chi connectivity index (χ2n) is 7.97. The van der Waals surface area contributed by atoms with Gasteiger partial charge in [0, 0.05) is 38.6 Å². The van der Waals surface area contributed by atoms with Crippen molar-refractivity contribution < 1.29 is 9.59 Å². The number of hydrogen-bond acceptors (Lipinski definition) is 3. The maximum absolute atomic E-state index is 12.8. The molecule has 2 heterocycles. The molecule has 1 aliphatic carbocycles. The van der Waals surface area contributed by atoms with Gasteiger partial charge in [-0.3, -0.25) is 9.59 Å². The van der Waals surface area contributed by atoms with Gasteiger partial charge in [0.1, 0.15) is 0 Å². The molecule has 0 aromatic heterocycles. The Morgan fingerprint density at radius 2 is 1.46 bits per heavy atom. The normalized spacial score (nSPS) is 29.5. The molecule has 0 aromatic rings. The lowest BCUT2D eigenvalue weighted by molar-refractivity contribution is -0.138. The van der Waals surface area contributed by atoms with E-state index in [0.29, 0.717) is 18.2 Å². The SMILES string of the molecule is N[C@@H]1CCCCC[C@H]1C(=O)N1CCC(CC(=O)N2CCCC2)CC1. The molecular formula is C19H33N3O2. The van der Waals surface area contributed by atoms with Crippen LogP contribution in [0.5, 0.6) is 0 Å². The molecule has 3 fully saturated rings. The summed E-state index contributed by atoms with van der Waals surface area (Å²) >= 11 is 0. The Morgan fingerprint density at radius 3 is 2.17 bits per heavy atom. The number of carbonyl (C=O) groups excluding carboxylic acids is 2. The minimum atomic E-state index is 0.0234. The lowest BCUT2D eigenvalue weighted by atomic mass is 9.89. The van der Waals surface area contributed by atoms with Crippen molar-refractivity contribution in [2.45, 2.75) is 70.3 Å². The highest BCUT2D eigenvalue weighted by atomic mass is 16.2. The molecule has 3 rings (SSSR count). The van der Waals surface area contributed by atoms with E-state index in [0.717, 1.165) is 77.5 Å². The molecule has 0 bridgehead atoms. The number of nitrogens with two attached hydrogens (primary N) is 1. The molecule has 2 N–H and O–H groups in total. The van der Waals surface area contributed by atoms with Crippen LogP contribution in [-0.2, 0) is 9.59 Å². The van der Waals surface area contributed by atoms with Crippen molar-refractivity contribution >= 4 is 11.8 Å². The van der Waals surface area contributed by atoms with E-state index < -0.39 is 0 Å². The summed E-state index contributed by atoms with van der Waals surface area (Å²) in [7, 11) is 0. The second kappa shape index (κ2) is 8.32.